The highest BCUT2D eigenvalue weighted by molar-refractivity contribution is 5.71. The van der Waals surface area contributed by atoms with Gasteiger partial charge in [0.2, 0.25) is 0 Å². The molecule has 0 rings (SSSR count). The molecule has 66 heavy (non-hydrogen) atoms. The molecule has 0 fully saturated rings. The fourth-order valence-corrected chi connectivity index (χ4v) is 9.20. The number of esters is 3. The zero-order valence-corrected chi connectivity index (χ0v) is 45.3. The van der Waals surface area contributed by atoms with Crippen LogP contribution >= 0.6 is 0 Å². The zero-order chi connectivity index (χ0) is 48.2. The topological polar surface area (TPSA) is 78.9 Å². The van der Waals surface area contributed by atoms with Gasteiger partial charge in [0, 0.05) is 19.3 Å². The summed E-state index contributed by atoms with van der Waals surface area (Å²) in [7, 11) is 0. The van der Waals surface area contributed by atoms with Crippen LogP contribution in [-0.4, -0.2) is 37.2 Å². The molecule has 0 aliphatic carbocycles. The Morgan fingerprint density at radius 3 is 0.864 bits per heavy atom. The molecule has 0 N–H and O–H groups in total. The van der Waals surface area contributed by atoms with Crippen molar-refractivity contribution in [2.75, 3.05) is 13.2 Å². The molecule has 6 heteroatoms. The third kappa shape index (κ3) is 51.8. The first kappa shape index (κ1) is 64.4. The molecule has 0 aliphatic rings. The van der Waals surface area contributed by atoms with Crippen molar-refractivity contribution in [1.29, 1.82) is 0 Å². The number of ether oxygens (including phenoxy) is 3. The molecule has 0 radical (unpaired) electrons. The fraction of sp³-hybridized carbons (Fsp3) is 0.950. The van der Waals surface area contributed by atoms with Crippen molar-refractivity contribution in [2.24, 2.45) is 11.8 Å². The van der Waals surface area contributed by atoms with Gasteiger partial charge in [0.25, 0.3) is 0 Å². The maximum Gasteiger partial charge on any atom is 0.306 e. The smallest absolute Gasteiger partial charge is 0.306 e. The van der Waals surface area contributed by atoms with Crippen LogP contribution in [0.5, 0.6) is 0 Å². The third-order valence-electron chi connectivity index (χ3n) is 14.1. The Hall–Kier alpha value is -1.59. The van der Waals surface area contributed by atoms with Crippen molar-refractivity contribution in [3.05, 3.63) is 0 Å². The SMILES string of the molecule is CCCCCCCCCCCCCCCCCCCCCC(=O)OC[C@H](COC(=O)CCCCCCCCCCCCCCCCC(C)CC)OC(=O)CCCCCCCCCCC(C)C. The minimum atomic E-state index is -0.763. The quantitative estimate of drug-likeness (QED) is 0.0343. The second-order valence-electron chi connectivity index (χ2n) is 21.4. The molecule has 392 valence electrons. The van der Waals surface area contributed by atoms with E-state index in [1.54, 1.807) is 0 Å². The van der Waals surface area contributed by atoms with E-state index in [1.807, 2.05) is 0 Å². The number of unbranched alkanes of at least 4 members (excludes halogenated alkanes) is 38. The van der Waals surface area contributed by atoms with E-state index >= 15 is 0 Å². The summed E-state index contributed by atoms with van der Waals surface area (Å²) in [4.78, 5) is 38.1. The van der Waals surface area contributed by atoms with Crippen LogP contribution in [0.3, 0.4) is 0 Å². The van der Waals surface area contributed by atoms with E-state index in [9.17, 15) is 14.4 Å². The van der Waals surface area contributed by atoms with Gasteiger partial charge in [0.1, 0.15) is 13.2 Å². The molecule has 0 saturated carbocycles. The van der Waals surface area contributed by atoms with E-state index in [1.165, 1.54) is 225 Å². The predicted octanol–water partition coefficient (Wildman–Crippen LogP) is 19.7. The first-order valence-corrected chi connectivity index (χ1v) is 29.8. The maximum absolute atomic E-state index is 12.8. The fourth-order valence-electron chi connectivity index (χ4n) is 9.20. The normalized spacial score (nSPS) is 12.5. The number of rotatable bonds is 54. The first-order valence-electron chi connectivity index (χ1n) is 29.8. The van der Waals surface area contributed by atoms with E-state index in [0.717, 1.165) is 69.6 Å². The Morgan fingerprint density at radius 2 is 0.576 bits per heavy atom. The van der Waals surface area contributed by atoms with Gasteiger partial charge in [-0.3, -0.25) is 14.4 Å². The van der Waals surface area contributed by atoms with Gasteiger partial charge in [-0.15, -0.1) is 0 Å². The van der Waals surface area contributed by atoms with E-state index in [4.69, 9.17) is 14.2 Å². The molecule has 0 aromatic rings. The first-order chi connectivity index (χ1) is 32.3. The summed E-state index contributed by atoms with van der Waals surface area (Å²) in [5.41, 5.74) is 0. The molecular weight excluding hydrogens is 817 g/mol. The van der Waals surface area contributed by atoms with Crippen molar-refractivity contribution in [3.8, 4) is 0 Å². The summed E-state index contributed by atoms with van der Waals surface area (Å²) in [6.07, 6.45) is 56.7. The van der Waals surface area contributed by atoms with Crippen LogP contribution in [0.4, 0.5) is 0 Å². The molecule has 0 saturated heterocycles. The van der Waals surface area contributed by atoms with Gasteiger partial charge in [-0.2, -0.15) is 0 Å². The maximum atomic E-state index is 12.8. The second-order valence-corrected chi connectivity index (χ2v) is 21.4. The van der Waals surface area contributed by atoms with Gasteiger partial charge in [-0.25, -0.2) is 0 Å². The van der Waals surface area contributed by atoms with E-state index in [2.05, 4.69) is 34.6 Å². The standard InChI is InChI=1S/C60H116O6/c1-6-8-9-10-11-12-13-14-15-16-17-18-19-23-26-29-35-40-45-50-58(61)64-53-57(66-60(63)52-47-42-37-32-31-33-38-43-48-55(3)4)54-65-59(62)51-46-41-36-30-27-24-21-20-22-25-28-34-39-44-49-56(5)7-2/h55-57H,6-54H2,1-5H3/t56?,57-/m1/s1. The molecule has 0 aromatic heterocycles. The highest BCUT2D eigenvalue weighted by Gasteiger charge is 2.19. The largest absolute Gasteiger partial charge is 0.462 e. The van der Waals surface area contributed by atoms with Crippen LogP contribution in [0.1, 0.15) is 336 Å². The minimum Gasteiger partial charge on any atom is -0.462 e. The zero-order valence-electron chi connectivity index (χ0n) is 45.3. The number of carbonyl (C=O) groups is 3. The third-order valence-corrected chi connectivity index (χ3v) is 14.1. The van der Waals surface area contributed by atoms with E-state index in [0.29, 0.717) is 19.3 Å². The van der Waals surface area contributed by atoms with Gasteiger partial charge < -0.3 is 14.2 Å². The Morgan fingerprint density at radius 1 is 0.318 bits per heavy atom. The number of hydrogen-bond donors (Lipinski definition) is 0. The van der Waals surface area contributed by atoms with Gasteiger partial charge in [0.05, 0.1) is 0 Å². The van der Waals surface area contributed by atoms with Gasteiger partial charge in [-0.1, -0.05) is 298 Å². The average Bonchev–Trinajstić information content (AvgIpc) is 3.30. The summed E-state index contributed by atoms with van der Waals surface area (Å²) in [6, 6.07) is 0. The minimum absolute atomic E-state index is 0.0632. The molecule has 0 bridgehead atoms. The Balaban J connectivity index is 4.23. The summed E-state index contributed by atoms with van der Waals surface area (Å²) >= 11 is 0. The van der Waals surface area contributed by atoms with Crippen LogP contribution in [0, 0.1) is 11.8 Å². The lowest BCUT2D eigenvalue weighted by Gasteiger charge is -2.18. The molecule has 0 amide bonds. The summed E-state index contributed by atoms with van der Waals surface area (Å²) in [5, 5.41) is 0. The lowest BCUT2D eigenvalue weighted by molar-refractivity contribution is -0.167. The molecule has 0 aliphatic heterocycles. The van der Waals surface area contributed by atoms with Crippen LogP contribution in [0.2, 0.25) is 0 Å². The molecule has 1 unspecified atom stereocenters. The Bertz CT molecular complexity index is 1010. The average molecular weight is 934 g/mol. The van der Waals surface area contributed by atoms with Crippen LogP contribution < -0.4 is 0 Å². The summed E-state index contributed by atoms with van der Waals surface area (Å²) in [6.45, 7) is 11.4. The van der Waals surface area contributed by atoms with Crippen molar-refractivity contribution in [3.63, 3.8) is 0 Å². The Kier molecular flexibility index (Phi) is 51.5. The molecule has 6 nitrogen and oxygen atoms in total. The summed E-state index contributed by atoms with van der Waals surface area (Å²) in [5.74, 6) is 0.848. The van der Waals surface area contributed by atoms with E-state index in [-0.39, 0.29) is 31.1 Å². The molecule has 0 spiro atoms. The Labute approximate surface area is 412 Å². The van der Waals surface area contributed by atoms with Crippen molar-refractivity contribution in [1.82, 2.24) is 0 Å². The lowest BCUT2D eigenvalue weighted by atomic mass is 9.99. The van der Waals surface area contributed by atoms with Crippen LogP contribution in [0.15, 0.2) is 0 Å². The van der Waals surface area contributed by atoms with Crippen LogP contribution in [-0.2, 0) is 28.6 Å². The van der Waals surface area contributed by atoms with Crippen molar-refractivity contribution in [2.45, 2.75) is 343 Å². The van der Waals surface area contributed by atoms with Crippen LogP contribution in [0.25, 0.3) is 0 Å². The molecular formula is C60H116O6. The van der Waals surface area contributed by atoms with Crippen molar-refractivity contribution >= 4 is 17.9 Å². The highest BCUT2D eigenvalue weighted by Crippen LogP contribution is 2.19. The monoisotopic (exact) mass is 933 g/mol. The van der Waals surface area contributed by atoms with Gasteiger partial charge in [-0.05, 0) is 31.1 Å². The summed E-state index contributed by atoms with van der Waals surface area (Å²) < 4.78 is 16.9. The highest BCUT2D eigenvalue weighted by atomic mass is 16.6. The number of carbonyl (C=O) groups excluding carboxylic acids is 3. The lowest BCUT2D eigenvalue weighted by Crippen LogP contribution is -2.30. The molecule has 2 atom stereocenters. The van der Waals surface area contributed by atoms with Gasteiger partial charge in [0.15, 0.2) is 6.10 Å². The second kappa shape index (κ2) is 52.8. The van der Waals surface area contributed by atoms with Gasteiger partial charge >= 0.3 is 17.9 Å². The number of hydrogen-bond acceptors (Lipinski definition) is 6. The van der Waals surface area contributed by atoms with Crippen molar-refractivity contribution < 1.29 is 28.6 Å². The molecule has 0 heterocycles. The molecule has 0 aromatic carbocycles. The predicted molar refractivity (Wildman–Crippen MR) is 284 cm³/mol. The van der Waals surface area contributed by atoms with E-state index < -0.39 is 6.10 Å².